The van der Waals surface area contributed by atoms with E-state index in [1.807, 2.05) is 0 Å². The van der Waals surface area contributed by atoms with Crippen LogP contribution < -0.4 is 0 Å². The molecule has 0 heterocycles. The summed E-state index contributed by atoms with van der Waals surface area (Å²) in [5.74, 6) is 0. The first kappa shape index (κ1) is 12.1. The predicted octanol–water partition coefficient (Wildman–Crippen LogP) is -2.60. The molecule has 0 unspecified atom stereocenters. The third-order valence-corrected chi connectivity index (χ3v) is 3.39. The van der Waals surface area contributed by atoms with Gasteiger partial charge in [-0.3, -0.25) is 0 Å². The first-order chi connectivity index (χ1) is 5.49. The Hall–Kier alpha value is 0.128. The fourth-order valence-corrected chi connectivity index (χ4v) is 2.15. The molecule has 7 heteroatoms. The van der Waals surface area contributed by atoms with Gasteiger partial charge in [0, 0.05) is 0 Å². The number of rotatable bonds is 5. The summed E-state index contributed by atoms with van der Waals surface area (Å²) in [6.45, 7) is -0.700. The van der Waals surface area contributed by atoms with Crippen molar-refractivity contribution in [3.8, 4) is 0 Å². The molecule has 3 atom stereocenters. The van der Waals surface area contributed by atoms with Crippen molar-refractivity contribution in [1.82, 2.24) is 0 Å². The van der Waals surface area contributed by atoms with Gasteiger partial charge in [-0.25, -0.2) is 0 Å². The summed E-state index contributed by atoms with van der Waals surface area (Å²) < 4.78 is -2.55. The van der Waals surface area contributed by atoms with Gasteiger partial charge in [-0.15, -0.1) is 0 Å². The normalized spacial score (nSPS) is 18.3. The van der Waals surface area contributed by atoms with Crippen molar-refractivity contribution in [3.63, 3.8) is 0 Å². The molecule has 0 aliphatic heterocycles. The Morgan fingerprint density at radius 2 is 1.83 bits per heavy atom. The van der Waals surface area contributed by atoms with E-state index in [4.69, 9.17) is 25.5 Å². The zero-order valence-electron chi connectivity index (χ0n) is 6.03. The molecule has 6 nitrogen and oxygen atoms in total. The Balaban J connectivity index is 3.91. The second-order valence-corrected chi connectivity index (χ2v) is 5.40. The van der Waals surface area contributed by atoms with E-state index in [2.05, 4.69) is 0 Å². The van der Waals surface area contributed by atoms with Crippen LogP contribution >= 0.6 is 0 Å². The summed E-state index contributed by atoms with van der Waals surface area (Å²) in [4.78, 5) is 10.1. The van der Waals surface area contributed by atoms with Gasteiger partial charge in [-0.2, -0.15) is 0 Å². The number of aliphatic hydroxyl groups excluding tert-OH is 4. The van der Waals surface area contributed by atoms with E-state index in [-0.39, 0.29) is 0 Å². The SMILES string of the molecule is O=[C](O)[Sb][C@@H](O)[C@H](O)[C@H](O)CO. The van der Waals surface area contributed by atoms with Crippen molar-refractivity contribution in [3.05, 3.63) is 0 Å². The number of hydrogen-bond acceptors (Lipinski definition) is 5. The van der Waals surface area contributed by atoms with Crippen molar-refractivity contribution in [2.75, 3.05) is 6.61 Å². The monoisotopic (exact) mass is 287 g/mol. The van der Waals surface area contributed by atoms with Crippen LogP contribution in [0.3, 0.4) is 0 Å². The fraction of sp³-hybridized carbons (Fsp3) is 0.800. The van der Waals surface area contributed by atoms with Gasteiger partial charge in [-0.1, -0.05) is 0 Å². The molecule has 0 aliphatic rings. The molecule has 0 bridgehead atoms. The van der Waals surface area contributed by atoms with Crippen LogP contribution in [0.15, 0.2) is 0 Å². The summed E-state index contributed by atoms with van der Waals surface area (Å²) in [5, 5.41) is 43.3. The topological polar surface area (TPSA) is 118 Å². The summed E-state index contributed by atoms with van der Waals surface area (Å²) in [6.07, 6.45) is -3.04. The molecule has 0 spiro atoms. The van der Waals surface area contributed by atoms with Gasteiger partial charge in [0.1, 0.15) is 0 Å². The van der Waals surface area contributed by atoms with Crippen molar-refractivity contribution >= 4 is 25.5 Å². The zero-order valence-corrected chi connectivity index (χ0v) is 8.58. The van der Waals surface area contributed by atoms with Crippen LogP contribution in [-0.2, 0) is 0 Å². The third-order valence-electron chi connectivity index (χ3n) is 1.13. The van der Waals surface area contributed by atoms with Crippen LogP contribution in [0.4, 0.5) is 4.79 Å². The Bertz CT molecular complexity index is 151. The molecule has 5 N–H and O–H groups in total. The number of carbonyl (C=O) groups is 1. The molecule has 0 rings (SSSR count). The van der Waals surface area contributed by atoms with Gasteiger partial charge >= 0.3 is 78.7 Å². The summed E-state index contributed by atoms with van der Waals surface area (Å²) in [5.41, 5.74) is 0. The molecule has 0 aliphatic carbocycles. The van der Waals surface area contributed by atoms with E-state index >= 15 is 0 Å². The van der Waals surface area contributed by atoms with E-state index in [0.29, 0.717) is 0 Å². The van der Waals surface area contributed by atoms with E-state index in [9.17, 15) is 4.79 Å². The van der Waals surface area contributed by atoms with Crippen molar-refractivity contribution in [2.45, 2.75) is 16.3 Å². The van der Waals surface area contributed by atoms with Crippen LogP contribution in [0.5, 0.6) is 0 Å². The Kier molecular flexibility index (Phi) is 5.78. The van der Waals surface area contributed by atoms with Crippen molar-refractivity contribution in [2.24, 2.45) is 0 Å². The van der Waals surface area contributed by atoms with E-state index in [1.54, 1.807) is 0 Å². The minimum absolute atomic E-state index is 0.700. The molecule has 0 aromatic carbocycles. The second kappa shape index (κ2) is 5.72. The first-order valence-electron chi connectivity index (χ1n) is 3.08. The van der Waals surface area contributed by atoms with Gasteiger partial charge in [-0.05, 0) is 0 Å². The molecule has 12 heavy (non-hydrogen) atoms. The molecule has 71 valence electrons. The maximum atomic E-state index is 10.1. The quantitative estimate of drug-likeness (QED) is 0.354. The molecule has 0 saturated carbocycles. The van der Waals surface area contributed by atoms with Crippen LogP contribution in [0.25, 0.3) is 0 Å². The fourth-order valence-electron chi connectivity index (χ4n) is 0.496. The summed E-state index contributed by atoms with van der Waals surface area (Å²) in [7, 11) is 0. The first-order valence-corrected chi connectivity index (χ1v) is 5.83. The second-order valence-electron chi connectivity index (χ2n) is 2.07. The molecule has 0 aromatic rings. The van der Waals surface area contributed by atoms with Gasteiger partial charge in [0.25, 0.3) is 0 Å². The molecule has 1 radical (unpaired) electrons. The van der Waals surface area contributed by atoms with Crippen molar-refractivity contribution < 1.29 is 30.3 Å². The molecule has 0 aromatic heterocycles. The van der Waals surface area contributed by atoms with Gasteiger partial charge in [0.2, 0.25) is 0 Å². The van der Waals surface area contributed by atoms with Crippen LogP contribution in [0.2, 0.25) is 0 Å². The molecular weight excluding hydrogens is 278 g/mol. The molecule has 0 saturated heterocycles. The average Bonchev–Trinajstić information content (AvgIpc) is 2.00. The summed E-state index contributed by atoms with van der Waals surface area (Å²) >= 11 is -1.97. The van der Waals surface area contributed by atoms with Crippen LogP contribution in [0, 0.1) is 0 Å². The molecule has 0 fully saturated rings. The molecule has 0 amide bonds. The van der Waals surface area contributed by atoms with Crippen LogP contribution in [0.1, 0.15) is 0 Å². The Morgan fingerprint density at radius 1 is 1.33 bits per heavy atom. The van der Waals surface area contributed by atoms with Crippen LogP contribution in [-0.4, -0.2) is 73.9 Å². The number of aliphatic hydroxyl groups is 4. The number of hydrogen-bond donors (Lipinski definition) is 5. The maximum absolute atomic E-state index is 10.1. The molecular formula is C5H10O6Sb. The zero-order chi connectivity index (χ0) is 9.72. The number of carboxylic acid groups (broad SMARTS) is 1. The van der Waals surface area contributed by atoms with E-state index in [1.165, 1.54) is 0 Å². The Labute approximate surface area is 79.0 Å². The Morgan fingerprint density at radius 3 is 2.17 bits per heavy atom. The average molecular weight is 288 g/mol. The minimum atomic E-state index is -1.97. The van der Waals surface area contributed by atoms with Crippen molar-refractivity contribution in [1.29, 1.82) is 0 Å². The summed E-state index contributed by atoms with van der Waals surface area (Å²) in [6, 6.07) is 0. The standard InChI is InChI=1S/C4H9O4.CHO2.Sb/c5-1-3(7)4(8)2-6;2-1-3;/h1,3-8H,2H2;(H,2,3);/t3-,4+;;/m0../s1. The third kappa shape index (κ3) is 4.23. The van der Waals surface area contributed by atoms with E-state index < -0.39 is 48.4 Å². The van der Waals surface area contributed by atoms with Gasteiger partial charge in [0.05, 0.1) is 0 Å². The van der Waals surface area contributed by atoms with Gasteiger partial charge < -0.3 is 0 Å². The predicted molar refractivity (Wildman–Crippen MR) is 38.9 cm³/mol. The van der Waals surface area contributed by atoms with E-state index in [0.717, 1.165) is 0 Å². The van der Waals surface area contributed by atoms with Gasteiger partial charge in [0.15, 0.2) is 0 Å².